The van der Waals surface area contributed by atoms with Crippen LogP contribution in [0.15, 0.2) is 72.8 Å². The van der Waals surface area contributed by atoms with Crippen molar-refractivity contribution >= 4 is 23.9 Å². The topological polar surface area (TPSA) is 217 Å². The SMILES string of the molecule is C=C(C)[C@]12C[C@@H](COC(=O)c3ccccc3)[C@@]34OC5(O[C@@H]1C3[C@@H]1O[C@]1(COC(=O)CC(C)(C)C(=O)O)[C@@H](O)[C@@]1(O)C4C([C@H](C)CCCCCC[C@H]5O)[C@H](C)[C@@H]1OC(=O)c1ccccc1)O2. The fourth-order valence-electron chi connectivity index (χ4n) is 13.1. The van der Waals surface area contributed by atoms with Crippen molar-refractivity contribution in [2.45, 2.75) is 145 Å². The van der Waals surface area contributed by atoms with E-state index >= 15 is 0 Å². The fourth-order valence-corrected chi connectivity index (χ4v) is 13.1. The van der Waals surface area contributed by atoms with Gasteiger partial charge in [-0.05, 0) is 81.2 Å². The zero-order valence-corrected chi connectivity index (χ0v) is 37.7. The number of ether oxygens (including phenoxy) is 7. The molecule has 3 aliphatic carbocycles. The Morgan fingerprint density at radius 2 is 1.48 bits per heavy atom. The molecule has 7 fully saturated rings. The maximum Gasteiger partial charge on any atom is 0.338 e. The molecule has 15 nitrogen and oxygen atoms in total. The number of carboxylic acids is 1. The third-order valence-electron chi connectivity index (χ3n) is 16.3. The molecule has 2 aromatic rings. The minimum atomic E-state index is -2.44. The molecule has 0 amide bonds. The van der Waals surface area contributed by atoms with E-state index in [1.807, 2.05) is 6.92 Å². The first-order valence-corrected chi connectivity index (χ1v) is 23.2. The predicted molar refractivity (Wildman–Crippen MR) is 229 cm³/mol. The van der Waals surface area contributed by atoms with Crippen molar-refractivity contribution in [3.05, 3.63) is 83.9 Å². The van der Waals surface area contributed by atoms with E-state index in [0.29, 0.717) is 24.0 Å². The highest BCUT2D eigenvalue weighted by Gasteiger charge is 2.91. The molecule has 65 heavy (non-hydrogen) atoms. The van der Waals surface area contributed by atoms with Crippen molar-refractivity contribution in [2.75, 3.05) is 13.2 Å². The van der Waals surface area contributed by atoms with Crippen LogP contribution in [0.2, 0.25) is 0 Å². The van der Waals surface area contributed by atoms with E-state index in [4.69, 9.17) is 33.2 Å². The molecule has 352 valence electrons. The third kappa shape index (κ3) is 6.92. The highest BCUT2D eigenvalue weighted by Crippen LogP contribution is 2.76. The van der Waals surface area contributed by atoms with Crippen molar-refractivity contribution in [1.82, 2.24) is 0 Å². The number of aliphatic carboxylic acids is 1. The van der Waals surface area contributed by atoms with Crippen molar-refractivity contribution in [1.29, 1.82) is 0 Å². The van der Waals surface area contributed by atoms with Gasteiger partial charge in [0, 0.05) is 17.8 Å². The summed E-state index contributed by atoms with van der Waals surface area (Å²) in [6.45, 7) is 12.1. The summed E-state index contributed by atoms with van der Waals surface area (Å²) in [6.07, 6.45) is -3.15. The van der Waals surface area contributed by atoms with Gasteiger partial charge in [0.05, 0.1) is 35.2 Å². The standard InChI is InChI=1S/C50H62O15/c1-27(2)46-23-32(25-59-41(53)30-18-12-9-13-19-30)49-36-39(46)63-50(64-46,65-49)33(51)22-16-8-7-11-17-28(3)35-29(4)38(61-42(54)31-20-14-10-15-21-31)48(58,37(35)49)43(55)47(40(36)62-47)26-60-34(52)24-45(5,6)44(56)57/h9-10,12-15,18-21,28-29,32-33,35-40,43,51,55,58H,1,7-8,11,16-17,22-26H2,2-6H3,(H,56,57)/t28-,29+,32+,33-,35?,36?,37?,38+,39-,40+,43-,46-,47+,48-,49-,50?/m1/s1. The molecule has 2 aromatic carbocycles. The first-order valence-electron chi connectivity index (χ1n) is 23.2. The number of epoxide rings is 1. The molecule has 3 saturated carbocycles. The van der Waals surface area contributed by atoms with Gasteiger partial charge in [-0.1, -0.05) is 88.9 Å². The van der Waals surface area contributed by atoms with E-state index in [0.717, 1.165) is 19.3 Å². The van der Waals surface area contributed by atoms with Crippen LogP contribution in [0.3, 0.4) is 0 Å². The van der Waals surface area contributed by atoms with Crippen molar-refractivity contribution in [3.8, 4) is 0 Å². The number of hydrogen-bond acceptors (Lipinski definition) is 14. The van der Waals surface area contributed by atoms with Crippen LogP contribution in [0.5, 0.6) is 0 Å². The molecule has 4 unspecified atom stereocenters. The Bertz CT molecular complexity index is 2200. The number of aliphatic hydroxyl groups is 3. The maximum atomic E-state index is 14.3. The first kappa shape index (κ1) is 45.9. The summed E-state index contributed by atoms with van der Waals surface area (Å²) in [6, 6.07) is 16.8. The molecule has 2 spiro atoms. The molecule has 4 heterocycles. The number of carbonyl (C=O) groups excluding carboxylic acids is 3. The van der Waals surface area contributed by atoms with Gasteiger partial charge >= 0.3 is 29.9 Å². The van der Waals surface area contributed by atoms with Gasteiger partial charge in [0.1, 0.15) is 48.3 Å². The van der Waals surface area contributed by atoms with Crippen LogP contribution in [0.25, 0.3) is 0 Å². The Morgan fingerprint density at radius 3 is 2.11 bits per heavy atom. The summed E-state index contributed by atoms with van der Waals surface area (Å²) >= 11 is 0. The largest absolute Gasteiger partial charge is 0.481 e. The average molecular weight is 903 g/mol. The van der Waals surface area contributed by atoms with Crippen molar-refractivity contribution in [3.63, 3.8) is 0 Å². The van der Waals surface area contributed by atoms with Crippen molar-refractivity contribution < 1.29 is 72.8 Å². The Morgan fingerprint density at radius 1 is 0.846 bits per heavy atom. The Kier molecular flexibility index (Phi) is 11.5. The van der Waals surface area contributed by atoms with E-state index in [9.17, 15) is 39.6 Å². The Labute approximate surface area is 378 Å². The normalized spacial score (nSPS) is 42.5. The summed E-state index contributed by atoms with van der Waals surface area (Å²) in [5.74, 6) is -9.94. The minimum absolute atomic E-state index is 0.0889. The average Bonchev–Trinajstić information content (AvgIpc) is 3.90. The van der Waals surface area contributed by atoms with Gasteiger partial charge in [-0.15, -0.1) is 0 Å². The molecule has 0 aromatic heterocycles. The van der Waals surface area contributed by atoms with Crippen molar-refractivity contribution in [2.24, 2.45) is 40.9 Å². The number of fused-ring (bicyclic) bond motifs is 1. The van der Waals surface area contributed by atoms with Crippen LogP contribution in [-0.4, -0.2) is 116 Å². The highest BCUT2D eigenvalue weighted by atomic mass is 16.9. The van der Waals surface area contributed by atoms with Gasteiger partial charge in [0.2, 0.25) is 0 Å². The van der Waals surface area contributed by atoms with Crippen LogP contribution in [-0.2, 0) is 42.7 Å². The van der Waals surface area contributed by atoms with Crippen LogP contribution in [0, 0.1) is 40.9 Å². The van der Waals surface area contributed by atoms with E-state index in [-0.39, 0.29) is 30.9 Å². The molecular formula is C50H62O15. The van der Waals surface area contributed by atoms with Gasteiger partial charge in [-0.25, -0.2) is 9.59 Å². The second-order valence-corrected chi connectivity index (χ2v) is 20.7. The molecule has 3 bridgehead atoms. The van der Waals surface area contributed by atoms with E-state index in [1.54, 1.807) is 67.6 Å². The van der Waals surface area contributed by atoms with Gasteiger partial charge in [-0.2, -0.15) is 0 Å². The minimum Gasteiger partial charge on any atom is -0.481 e. The molecule has 0 radical (unpaired) electrons. The quantitative estimate of drug-likeness (QED) is 0.0964. The molecule has 16 atom stereocenters. The second-order valence-electron chi connectivity index (χ2n) is 20.7. The third-order valence-corrected chi connectivity index (χ3v) is 16.3. The van der Waals surface area contributed by atoms with Crippen LogP contribution in [0.4, 0.5) is 0 Å². The van der Waals surface area contributed by atoms with Crippen LogP contribution < -0.4 is 0 Å². The Balaban J connectivity index is 1.26. The Hall–Kier alpha value is -4.22. The predicted octanol–water partition coefficient (Wildman–Crippen LogP) is 5.38. The molecule has 7 aliphatic rings. The molecule has 15 heteroatoms. The van der Waals surface area contributed by atoms with Gasteiger partial charge in [0.25, 0.3) is 0 Å². The number of hydrogen-bond donors (Lipinski definition) is 4. The van der Waals surface area contributed by atoms with E-state index < -0.39 is 131 Å². The number of carbonyl (C=O) groups is 4. The summed E-state index contributed by atoms with van der Waals surface area (Å²) in [5, 5.41) is 49.8. The zero-order chi connectivity index (χ0) is 46.5. The van der Waals surface area contributed by atoms with Crippen LogP contribution in [0.1, 0.15) is 107 Å². The maximum absolute atomic E-state index is 14.3. The number of rotatable bonds is 11. The van der Waals surface area contributed by atoms with Gasteiger partial charge in [-0.3, -0.25) is 9.59 Å². The number of aliphatic hydroxyl groups excluding tert-OH is 2. The molecule has 4 N–H and O–H groups in total. The van der Waals surface area contributed by atoms with Gasteiger partial charge in [0.15, 0.2) is 5.60 Å². The number of carboxylic acid groups (broad SMARTS) is 1. The lowest BCUT2D eigenvalue weighted by atomic mass is 9.51. The van der Waals surface area contributed by atoms with E-state index in [2.05, 4.69) is 13.5 Å². The molecular weight excluding hydrogens is 841 g/mol. The zero-order valence-electron chi connectivity index (χ0n) is 37.7. The number of benzene rings is 2. The van der Waals surface area contributed by atoms with E-state index in [1.165, 1.54) is 13.8 Å². The summed E-state index contributed by atoms with van der Waals surface area (Å²) in [5.41, 5.74) is -7.87. The summed E-state index contributed by atoms with van der Waals surface area (Å²) in [4.78, 5) is 53.8. The lowest BCUT2D eigenvalue weighted by Crippen LogP contribution is -2.75. The van der Waals surface area contributed by atoms with Crippen LogP contribution >= 0.6 is 0 Å². The summed E-state index contributed by atoms with van der Waals surface area (Å²) < 4.78 is 46.8. The summed E-state index contributed by atoms with van der Waals surface area (Å²) in [7, 11) is 0. The lowest BCUT2D eigenvalue weighted by molar-refractivity contribution is -0.459. The second kappa shape index (κ2) is 16.2. The number of esters is 3. The molecule has 4 saturated heterocycles. The monoisotopic (exact) mass is 902 g/mol. The first-order chi connectivity index (χ1) is 30.8. The lowest BCUT2D eigenvalue weighted by Gasteiger charge is -2.62. The molecule has 9 rings (SSSR count). The fraction of sp³-hybridized carbons (Fsp3) is 0.640. The smallest absolute Gasteiger partial charge is 0.338 e. The van der Waals surface area contributed by atoms with Gasteiger partial charge < -0.3 is 53.6 Å². The molecule has 4 aliphatic heterocycles. The highest BCUT2D eigenvalue weighted by molar-refractivity contribution is 5.90.